The molecule has 0 amide bonds. The fourth-order valence-electron chi connectivity index (χ4n) is 4.74. The van der Waals surface area contributed by atoms with Crippen LogP contribution in [0.2, 0.25) is 0 Å². The number of anilines is 2. The number of allylic oxidation sites excluding steroid dienone is 1. The van der Waals surface area contributed by atoms with Crippen molar-refractivity contribution >= 4 is 23.7 Å². The number of nitrogens with one attached hydrogen (secondary N) is 1. The highest BCUT2D eigenvalue weighted by Crippen LogP contribution is 2.38. The van der Waals surface area contributed by atoms with Crippen LogP contribution in [-0.4, -0.2) is 60.5 Å². The number of hydrogen-bond donors (Lipinski definition) is 1. The van der Waals surface area contributed by atoms with Gasteiger partial charge in [0, 0.05) is 37.8 Å². The smallest absolute Gasteiger partial charge is 0.230 e. The third-order valence-corrected chi connectivity index (χ3v) is 6.90. The molecule has 0 spiro atoms. The molecule has 7 nitrogen and oxygen atoms in total. The lowest BCUT2D eigenvalue weighted by atomic mass is 10.1. The van der Waals surface area contributed by atoms with Gasteiger partial charge in [0.05, 0.1) is 6.54 Å². The van der Waals surface area contributed by atoms with Crippen molar-refractivity contribution in [3.63, 3.8) is 0 Å². The van der Waals surface area contributed by atoms with Gasteiger partial charge in [-0.05, 0) is 62.4 Å². The summed E-state index contributed by atoms with van der Waals surface area (Å²) in [5, 5.41) is 3.33. The Balaban J connectivity index is 1.30. The molecule has 0 radical (unpaired) electrons. The van der Waals surface area contributed by atoms with Crippen LogP contribution in [0, 0.1) is 11.7 Å². The molecular weight excluding hydrogens is 431 g/mol. The summed E-state index contributed by atoms with van der Waals surface area (Å²) < 4.78 is 21.2. The number of likely N-dealkylation sites (N-methyl/N-ethyl adjacent to an activating group) is 1. The van der Waals surface area contributed by atoms with Gasteiger partial charge in [0.25, 0.3) is 0 Å². The fourth-order valence-corrected chi connectivity index (χ4v) is 4.74. The standard InChI is InChI=1S/C26H29FN6O/c1-16-11-18-5-6-21(25(27)20(18)12-16)34-24-14-23(29-22-13-19(15-28-22)17-3-4-17)30-26(31-24)33-9-7-32(2)8-10-33/h5-6,12-14,17H,3-4,7-11,15H2,1-2H3,(H,28,29,30,31). The molecule has 2 fully saturated rings. The average Bonchev–Trinajstić information content (AvgIpc) is 3.45. The fraction of sp³-hybridized carbons (Fsp3) is 0.423. The summed E-state index contributed by atoms with van der Waals surface area (Å²) in [6.45, 7) is 6.28. The van der Waals surface area contributed by atoms with E-state index in [4.69, 9.17) is 9.72 Å². The molecule has 2 aromatic rings. The number of amidine groups is 1. The monoisotopic (exact) mass is 460 g/mol. The number of piperazine rings is 1. The predicted molar refractivity (Wildman–Crippen MR) is 132 cm³/mol. The Hall–Kier alpha value is -3.26. The Morgan fingerprint density at radius 3 is 2.71 bits per heavy atom. The number of ether oxygens (including phenoxy) is 1. The van der Waals surface area contributed by atoms with Gasteiger partial charge in [-0.1, -0.05) is 17.7 Å². The van der Waals surface area contributed by atoms with E-state index in [0.29, 0.717) is 29.1 Å². The van der Waals surface area contributed by atoms with Crippen molar-refractivity contribution in [2.75, 3.05) is 50.0 Å². The molecule has 1 saturated carbocycles. The number of benzene rings is 1. The van der Waals surface area contributed by atoms with Gasteiger partial charge < -0.3 is 19.9 Å². The molecule has 1 aromatic carbocycles. The van der Waals surface area contributed by atoms with E-state index in [1.54, 1.807) is 12.1 Å². The first-order chi connectivity index (χ1) is 16.5. The topological polar surface area (TPSA) is 65.9 Å². The van der Waals surface area contributed by atoms with Crippen molar-refractivity contribution in [2.45, 2.75) is 26.2 Å². The zero-order valence-corrected chi connectivity index (χ0v) is 19.6. The summed E-state index contributed by atoms with van der Waals surface area (Å²) in [6, 6.07) is 5.34. The number of aromatic nitrogens is 2. The van der Waals surface area contributed by atoms with Crippen molar-refractivity contribution in [2.24, 2.45) is 10.9 Å². The normalized spacial score (nSPS) is 20.1. The first-order valence-electron chi connectivity index (χ1n) is 12.0. The molecule has 1 saturated heterocycles. The Kier molecular flexibility index (Phi) is 5.32. The highest BCUT2D eigenvalue weighted by molar-refractivity contribution is 6.05. The van der Waals surface area contributed by atoms with Crippen molar-refractivity contribution < 1.29 is 9.13 Å². The maximum atomic E-state index is 15.2. The van der Waals surface area contributed by atoms with Crippen LogP contribution in [0.5, 0.6) is 11.6 Å². The highest BCUT2D eigenvalue weighted by atomic mass is 19.1. The molecule has 1 N–H and O–H groups in total. The molecule has 0 atom stereocenters. The van der Waals surface area contributed by atoms with Crippen LogP contribution in [0.3, 0.4) is 0 Å². The summed E-state index contributed by atoms with van der Waals surface area (Å²) in [6.07, 6.45) is 7.32. The molecule has 1 aromatic heterocycles. The van der Waals surface area contributed by atoms with Crippen LogP contribution >= 0.6 is 0 Å². The highest BCUT2D eigenvalue weighted by Gasteiger charge is 2.28. The van der Waals surface area contributed by atoms with Gasteiger partial charge in [0.15, 0.2) is 11.6 Å². The van der Waals surface area contributed by atoms with E-state index >= 15 is 4.39 Å². The Morgan fingerprint density at radius 2 is 1.91 bits per heavy atom. The van der Waals surface area contributed by atoms with E-state index in [0.717, 1.165) is 56.1 Å². The van der Waals surface area contributed by atoms with Gasteiger partial charge in [-0.15, -0.1) is 0 Å². The minimum atomic E-state index is -0.346. The van der Waals surface area contributed by atoms with E-state index < -0.39 is 0 Å². The second-order valence-corrected chi connectivity index (χ2v) is 9.72. The number of fused-ring (bicyclic) bond motifs is 1. The molecule has 34 heavy (non-hydrogen) atoms. The molecule has 2 aliphatic heterocycles. The predicted octanol–water partition coefficient (Wildman–Crippen LogP) is 4.28. The SMILES string of the molecule is CC1=Cc2c(ccc(Oc3cc(NC4=NCC(C5CC5)=C4)nc(N4CCN(C)CC4)n3)c2F)C1. The third-order valence-electron chi connectivity index (χ3n) is 6.90. The second kappa shape index (κ2) is 8.51. The number of hydrogen-bond acceptors (Lipinski definition) is 7. The minimum absolute atomic E-state index is 0.174. The summed E-state index contributed by atoms with van der Waals surface area (Å²) in [5.41, 5.74) is 4.13. The summed E-state index contributed by atoms with van der Waals surface area (Å²) in [7, 11) is 2.11. The molecule has 8 heteroatoms. The van der Waals surface area contributed by atoms with Gasteiger partial charge >= 0.3 is 0 Å². The zero-order valence-electron chi connectivity index (χ0n) is 19.6. The molecule has 0 bridgehead atoms. The van der Waals surface area contributed by atoms with Gasteiger partial charge in [0.2, 0.25) is 11.8 Å². The van der Waals surface area contributed by atoms with E-state index in [1.165, 1.54) is 18.4 Å². The van der Waals surface area contributed by atoms with E-state index in [9.17, 15) is 0 Å². The second-order valence-electron chi connectivity index (χ2n) is 9.72. The lowest BCUT2D eigenvalue weighted by molar-refractivity contribution is 0.310. The lowest BCUT2D eigenvalue weighted by Gasteiger charge is -2.32. The van der Waals surface area contributed by atoms with Crippen molar-refractivity contribution in [1.29, 1.82) is 0 Å². The van der Waals surface area contributed by atoms with Gasteiger partial charge in [0.1, 0.15) is 11.7 Å². The van der Waals surface area contributed by atoms with Crippen LogP contribution in [0.15, 0.2) is 40.4 Å². The Morgan fingerprint density at radius 1 is 1.09 bits per heavy atom. The maximum absolute atomic E-state index is 15.2. The average molecular weight is 461 g/mol. The number of nitrogens with zero attached hydrogens (tertiary/aromatic N) is 5. The minimum Gasteiger partial charge on any atom is -0.436 e. The Bertz CT molecular complexity index is 1220. The number of halogens is 1. The van der Waals surface area contributed by atoms with Crippen molar-refractivity contribution in [1.82, 2.24) is 14.9 Å². The van der Waals surface area contributed by atoms with Gasteiger partial charge in [-0.3, -0.25) is 4.99 Å². The molecule has 4 aliphatic rings. The molecule has 6 rings (SSSR count). The van der Waals surface area contributed by atoms with Crippen LogP contribution in [0.4, 0.5) is 16.2 Å². The van der Waals surface area contributed by atoms with Gasteiger partial charge in [-0.2, -0.15) is 9.97 Å². The van der Waals surface area contributed by atoms with Crippen LogP contribution < -0.4 is 15.0 Å². The number of rotatable bonds is 5. The lowest BCUT2D eigenvalue weighted by Crippen LogP contribution is -2.45. The molecular formula is C26H29FN6O. The van der Waals surface area contributed by atoms with E-state index in [1.807, 2.05) is 19.1 Å². The summed E-state index contributed by atoms with van der Waals surface area (Å²) >= 11 is 0. The molecule has 176 valence electrons. The first-order valence-corrected chi connectivity index (χ1v) is 12.0. The van der Waals surface area contributed by atoms with Crippen molar-refractivity contribution in [3.8, 4) is 11.6 Å². The summed E-state index contributed by atoms with van der Waals surface area (Å²) in [5.74, 6) is 2.81. The molecule has 3 heterocycles. The van der Waals surface area contributed by atoms with E-state index in [-0.39, 0.29) is 11.6 Å². The molecule has 0 unspecified atom stereocenters. The Labute approximate surface area is 199 Å². The molecule has 2 aliphatic carbocycles. The third kappa shape index (κ3) is 4.30. The van der Waals surface area contributed by atoms with Crippen molar-refractivity contribution in [3.05, 3.63) is 52.4 Å². The maximum Gasteiger partial charge on any atom is 0.230 e. The zero-order chi connectivity index (χ0) is 23.2. The van der Waals surface area contributed by atoms with Crippen LogP contribution in [0.25, 0.3) is 6.08 Å². The van der Waals surface area contributed by atoms with Crippen LogP contribution in [-0.2, 0) is 6.42 Å². The summed E-state index contributed by atoms with van der Waals surface area (Å²) in [4.78, 5) is 18.5. The van der Waals surface area contributed by atoms with Crippen LogP contribution in [0.1, 0.15) is 30.9 Å². The quantitative estimate of drug-likeness (QED) is 0.719. The van der Waals surface area contributed by atoms with E-state index in [2.05, 4.69) is 38.2 Å². The largest absolute Gasteiger partial charge is 0.436 e. The number of aliphatic imine (C=N–C) groups is 1. The van der Waals surface area contributed by atoms with Gasteiger partial charge in [-0.25, -0.2) is 4.39 Å². The first kappa shape index (κ1) is 21.3.